The van der Waals surface area contributed by atoms with Crippen LogP contribution in [0.1, 0.15) is 81.0 Å². The number of aromatic nitrogens is 7. The summed E-state index contributed by atoms with van der Waals surface area (Å²) in [6.07, 6.45) is -0.730. The van der Waals surface area contributed by atoms with Crippen molar-refractivity contribution < 1.29 is 35.9 Å². The minimum absolute atomic E-state index is 0. The van der Waals surface area contributed by atoms with Crippen LogP contribution in [0.15, 0.2) is 128 Å². The van der Waals surface area contributed by atoms with E-state index in [-0.39, 0.29) is 36.1 Å². The number of nitrogens with zero attached hydrogens (tertiary/aromatic N) is 7. The summed E-state index contributed by atoms with van der Waals surface area (Å²) in [5.41, 5.74) is 4.43. The molecule has 0 bridgehead atoms. The molecule has 63 heavy (non-hydrogen) atoms. The number of alkyl halides is 6. The Bertz CT molecular complexity index is 2760. The fraction of sp³-hybridized carbons (Fsp3) is 0.178. The lowest BCUT2D eigenvalue weighted by Crippen LogP contribution is -2.12. The maximum Gasteiger partial charge on any atom is 0.435 e. The van der Waals surface area contributed by atoms with Crippen LogP contribution in [0.2, 0.25) is 0 Å². The van der Waals surface area contributed by atoms with E-state index in [1.54, 1.807) is 110 Å². The third-order valence-corrected chi connectivity index (χ3v) is 10.4. The topological polar surface area (TPSA) is 133 Å². The van der Waals surface area contributed by atoms with Gasteiger partial charge in [-0.2, -0.15) is 36.5 Å². The van der Waals surface area contributed by atoms with Crippen molar-refractivity contribution in [1.82, 2.24) is 34.5 Å². The van der Waals surface area contributed by atoms with Crippen LogP contribution in [0.3, 0.4) is 0 Å². The van der Waals surface area contributed by atoms with Crippen molar-refractivity contribution in [2.75, 3.05) is 10.6 Å². The van der Waals surface area contributed by atoms with Crippen LogP contribution >= 0.6 is 12.4 Å². The van der Waals surface area contributed by atoms with Gasteiger partial charge in [-0.3, -0.25) is 24.5 Å². The zero-order valence-corrected chi connectivity index (χ0v) is 33.5. The summed E-state index contributed by atoms with van der Waals surface area (Å²) in [6.45, 7) is 0. The van der Waals surface area contributed by atoms with Gasteiger partial charge in [0.25, 0.3) is 11.8 Å². The minimum atomic E-state index is -4.49. The number of carbonyl (C=O) groups excluding carboxylic acids is 2. The van der Waals surface area contributed by atoms with E-state index in [2.05, 4.69) is 35.8 Å². The first-order valence-electron chi connectivity index (χ1n) is 19.5. The van der Waals surface area contributed by atoms with Crippen molar-refractivity contribution >= 4 is 57.5 Å². The number of benzene rings is 4. The van der Waals surface area contributed by atoms with Crippen molar-refractivity contribution in [3.63, 3.8) is 0 Å². The predicted octanol–water partition coefficient (Wildman–Crippen LogP) is 11.0. The average molecular weight is 882 g/mol. The zero-order valence-electron chi connectivity index (χ0n) is 32.7. The molecule has 0 aliphatic heterocycles. The molecule has 8 aromatic rings. The van der Waals surface area contributed by atoms with Crippen molar-refractivity contribution in [2.24, 2.45) is 0 Å². The summed E-state index contributed by atoms with van der Waals surface area (Å²) in [5.74, 6) is -0.405. The summed E-state index contributed by atoms with van der Waals surface area (Å²) >= 11 is 0. The largest absolute Gasteiger partial charge is 0.435 e. The first kappa shape index (κ1) is 42.5. The molecule has 0 atom stereocenters. The van der Waals surface area contributed by atoms with E-state index in [9.17, 15) is 35.9 Å². The van der Waals surface area contributed by atoms with Gasteiger partial charge in [0, 0.05) is 69.7 Å². The van der Waals surface area contributed by atoms with E-state index in [4.69, 9.17) is 0 Å². The number of fused-ring (bicyclic) bond motifs is 2. The quantitative estimate of drug-likeness (QED) is 0.145. The van der Waals surface area contributed by atoms with Crippen molar-refractivity contribution in [3.05, 3.63) is 162 Å². The summed E-state index contributed by atoms with van der Waals surface area (Å²) in [7, 11) is 0. The predicted molar refractivity (Wildman–Crippen MR) is 226 cm³/mol. The number of carbonyl (C=O) groups is 2. The Hall–Kier alpha value is -7.14. The molecule has 10 rings (SSSR count). The average Bonchev–Trinajstić information content (AvgIpc) is 4.21. The Kier molecular flexibility index (Phi) is 11.5. The van der Waals surface area contributed by atoms with Crippen molar-refractivity contribution in [1.29, 1.82) is 0 Å². The fourth-order valence-corrected chi connectivity index (χ4v) is 6.92. The number of hydrogen-bond acceptors (Lipinski definition) is 7. The minimum Gasteiger partial charge on any atom is -0.322 e. The molecule has 0 spiro atoms. The van der Waals surface area contributed by atoms with Gasteiger partial charge in [0.15, 0.2) is 11.4 Å². The van der Waals surface area contributed by atoms with Gasteiger partial charge in [0.2, 0.25) is 0 Å². The Morgan fingerprint density at radius 1 is 0.524 bits per heavy atom. The molecule has 4 aromatic carbocycles. The van der Waals surface area contributed by atoms with Crippen LogP contribution in [0, 0.1) is 0 Å². The second kappa shape index (κ2) is 17.0. The fourth-order valence-electron chi connectivity index (χ4n) is 6.92. The number of nitrogens with one attached hydrogen (secondary N) is 2. The van der Waals surface area contributed by atoms with Crippen LogP contribution in [0.5, 0.6) is 0 Å². The molecule has 4 heterocycles. The van der Waals surface area contributed by atoms with Crippen LogP contribution < -0.4 is 10.6 Å². The maximum atomic E-state index is 13.1. The van der Waals surface area contributed by atoms with Crippen LogP contribution in [-0.4, -0.2) is 46.3 Å². The molecule has 2 aliphatic carbocycles. The molecular weight excluding hydrogens is 848 g/mol. The third-order valence-electron chi connectivity index (χ3n) is 10.4. The number of rotatable bonds is 8. The summed E-state index contributed by atoms with van der Waals surface area (Å²) in [6, 6.07) is 29.4. The Labute approximate surface area is 360 Å². The summed E-state index contributed by atoms with van der Waals surface area (Å²) in [4.78, 5) is 37.8. The van der Waals surface area contributed by atoms with E-state index in [0.717, 1.165) is 48.7 Å². The monoisotopic (exact) mass is 881 g/mol. The third kappa shape index (κ3) is 9.52. The van der Waals surface area contributed by atoms with Crippen molar-refractivity contribution in [3.8, 4) is 11.4 Å². The number of halogens is 7. The molecule has 0 unspecified atom stereocenters. The Morgan fingerprint density at radius 2 is 0.968 bits per heavy atom. The molecule has 2 aliphatic rings. The summed E-state index contributed by atoms with van der Waals surface area (Å²) in [5, 5.41) is 14.0. The summed E-state index contributed by atoms with van der Waals surface area (Å²) < 4.78 is 81.4. The SMILES string of the molecule is Cl.O=C(Nc1ccc(-n2nc(C(F)(F)F)cc2C2CC2)cc1)c1ccc2ncccc2c1.O=C(Nc1ccc(-n2nc(C(F)(F)F)cc2C2CC2)cc1)c1ccc2nccnc2c1. The number of anilines is 2. The molecule has 2 saturated carbocycles. The lowest BCUT2D eigenvalue weighted by Gasteiger charge is -2.09. The highest BCUT2D eigenvalue weighted by Gasteiger charge is 2.39. The highest BCUT2D eigenvalue weighted by molar-refractivity contribution is 6.06. The Morgan fingerprint density at radius 3 is 1.44 bits per heavy atom. The van der Waals surface area contributed by atoms with Crippen molar-refractivity contribution in [2.45, 2.75) is 49.9 Å². The highest BCUT2D eigenvalue weighted by atomic mass is 35.5. The highest BCUT2D eigenvalue weighted by Crippen LogP contribution is 2.44. The lowest BCUT2D eigenvalue weighted by molar-refractivity contribution is -0.142. The van der Waals surface area contributed by atoms with Gasteiger partial charge in [-0.15, -0.1) is 12.4 Å². The molecule has 18 heteroatoms. The second-order valence-electron chi connectivity index (χ2n) is 14.9. The van der Waals surface area contributed by atoms with Gasteiger partial charge in [-0.25, -0.2) is 9.36 Å². The molecule has 0 saturated heterocycles. The van der Waals surface area contributed by atoms with Gasteiger partial charge in [-0.1, -0.05) is 6.07 Å². The van der Waals surface area contributed by atoms with Gasteiger partial charge in [0.1, 0.15) is 0 Å². The molecule has 11 nitrogen and oxygen atoms in total. The second-order valence-corrected chi connectivity index (χ2v) is 14.9. The zero-order chi connectivity index (χ0) is 43.2. The standard InChI is InChI=1S/C23H17F3N4O.C22H16F3N5O.ClH/c24-23(25,26)21-13-20(14-3-4-14)30(29-21)18-8-6-17(7-9-18)28-22(31)16-5-10-19-15(12-16)2-1-11-27-19;23-22(24,25)20-12-19(13-1-2-13)30(29-20)16-6-4-15(5-7-16)28-21(31)14-3-8-17-18(11-14)27-10-9-26-17;/h1-2,5-14H,3-4H2,(H,28,31);3-13H,1-2H2,(H,28,31);1H. The number of pyridine rings is 1. The van der Waals surface area contributed by atoms with Crippen LogP contribution in [0.25, 0.3) is 33.3 Å². The first-order valence-corrected chi connectivity index (χ1v) is 19.5. The van der Waals surface area contributed by atoms with Crippen LogP contribution in [-0.2, 0) is 12.4 Å². The van der Waals surface area contributed by atoms with Gasteiger partial charge in [-0.05, 0) is 129 Å². The van der Waals surface area contributed by atoms with E-state index in [1.165, 1.54) is 9.36 Å². The molecular formula is C45H34ClF6N9O2. The number of hydrogen-bond donors (Lipinski definition) is 2. The van der Waals surface area contributed by atoms with E-state index >= 15 is 0 Å². The van der Waals surface area contributed by atoms with Gasteiger partial charge < -0.3 is 10.6 Å². The molecule has 4 aromatic heterocycles. The normalized spacial score (nSPS) is 13.8. The first-order chi connectivity index (χ1) is 29.8. The van der Waals surface area contributed by atoms with Gasteiger partial charge in [0.05, 0.1) is 27.9 Å². The van der Waals surface area contributed by atoms with E-state index < -0.39 is 23.7 Å². The smallest absolute Gasteiger partial charge is 0.322 e. The molecule has 0 radical (unpaired) electrons. The van der Waals surface area contributed by atoms with Gasteiger partial charge >= 0.3 is 12.4 Å². The van der Waals surface area contributed by atoms with E-state index in [0.29, 0.717) is 56.3 Å². The van der Waals surface area contributed by atoms with Crippen LogP contribution in [0.4, 0.5) is 37.7 Å². The number of amides is 2. The molecule has 2 N–H and O–H groups in total. The molecule has 320 valence electrons. The maximum absolute atomic E-state index is 13.1. The molecule has 2 fully saturated rings. The molecule has 2 amide bonds. The Balaban J connectivity index is 0.000000170. The van der Waals surface area contributed by atoms with E-state index in [1.807, 2.05) is 6.07 Å². The lowest BCUT2D eigenvalue weighted by atomic mass is 10.1.